The molecule has 5 nitrogen and oxygen atoms in total. The largest absolute Gasteiger partial charge is 0.380 e. The zero-order chi connectivity index (χ0) is 15.3. The van der Waals surface area contributed by atoms with E-state index in [0.29, 0.717) is 19.8 Å². The highest BCUT2D eigenvalue weighted by atomic mass is 35.7. The smallest absolute Gasteiger partial charge is 0.264 e. The molecule has 0 atom stereocenters. The molecule has 1 aromatic rings. The Hall–Kier alpha value is -1.18. The number of carbonyl (C=O) groups is 1. The summed E-state index contributed by atoms with van der Waals surface area (Å²) in [4.78, 5) is 12.7. The molecule has 0 saturated carbocycles. The molecule has 0 radical (unpaired) electrons. The fraction of sp³-hybridized carbons (Fsp3) is 0.417. The number of nitrogens with zero attached hydrogens (tertiary/aromatic N) is 1. The van der Waals surface area contributed by atoms with Crippen LogP contribution in [0, 0.1) is 5.82 Å². The van der Waals surface area contributed by atoms with Crippen molar-refractivity contribution in [1.29, 1.82) is 0 Å². The van der Waals surface area contributed by atoms with Crippen LogP contribution in [0.2, 0.25) is 0 Å². The van der Waals surface area contributed by atoms with Crippen molar-refractivity contribution in [3.05, 3.63) is 29.6 Å². The Morgan fingerprint density at radius 1 is 1.45 bits per heavy atom. The maximum Gasteiger partial charge on any atom is 0.264 e. The van der Waals surface area contributed by atoms with Crippen LogP contribution in [0.3, 0.4) is 0 Å². The van der Waals surface area contributed by atoms with Gasteiger partial charge in [-0.25, -0.2) is 12.8 Å². The van der Waals surface area contributed by atoms with Crippen LogP contribution in [0.1, 0.15) is 17.3 Å². The predicted molar refractivity (Wildman–Crippen MR) is 72.9 cm³/mol. The Bertz CT molecular complexity index is 591. The van der Waals surface area contributed by atoms with Gasteiger partial charge in [0.15, 0.2) is 0 Å². The highest BCUT2D eigenvalue weighted by Gasteiger charge is 2.20. The monoisotopic (exact) mass is 323 g/mol. The molecule has 0 fully saturated rings. The number of hydrogen-bond acceptors (Lipinski definition) is 4. The number of carbonyl (C=O) groups excluding carboxylic acids is 1. The van der Waals surface area contributed by atoms with Gasteiger partial charge in [-0.05, 0) is 25.1 Å². The van der Waals surface area contributed by atoms with Gasteiger partial charge in [0, 0.05) is 36.4 Å². The van der Waals surface area contributed by atoms with Gasteiger partial charge in [0.2, 0.25) is 0 Å². The van der Waals surface area contributed by atoms with Crippen molar-refractivity contribution in [3.63, 3.8) is 0 Å². The highest BCUT2D eigenvalue weighted by Crippen LogP contribution is 2.21. The van der Waals surface area contributed by atoms with E-state index < -0.39 is 25.7 Å². The summed E-state index contributed by atoms with van der Waals surface area (Å²) in [7, 11) is 2.42. The van der Waals surface area contributed by atoms with Crippen LogP contribution in [0.5, 0.6) is 0 Å². The summed E-state index contributed by atoms with van der Waals surface area (Å²) < 4.78 is 40.9. The van der Waals surface area contributed by atoms with Gasteiger partial charge >= 0.3 is 0 Å². The fourth-order valence-corrected chi connectivity index (χ4v) is 2.41. The van der Waals surface area contributed by atoms with E-state index >= 15 is 0 Å². The summed E-state index contributed by atoms with van der Waals surface area (Å²) in [5, 5.41) is 0. The first-order chi connectivity index (χ1) is 9.27. The minimum Gasteiger partial charge on any atom is -0.380 e. The molecule has 112 valence electrons. The average Bonchev–Trinajstić information content (AvgIpc) is 2.37. The lowest BCUT2D eigenvalue weighted by Gasteiger charge is -2.17. The molecule has 8 heteroatoms. The van der Waals surface area contributed by atoms with Crippen molar-refractivity contribution >= 4 is 25.6 Å². The third-order valence-electron chi connectivity index (χ3n) is 2.56. The molecule has 0 aliphatic heterocycles. The Morgan fingerprint density at radius 2 is 2.10 bits per heavy atom. The van der Waals surface area contributed by atoms with E-state index in [2.05, 4.69) is 0 Å². The van der Waals surface area contributed by atoms with Gasteiger partial charge in [-0.15, -0.1) is 0 Å². The zero-order valence-electron chi connectivity index (χ0n) is 11.1. The quantitative estimate of drug-likeness (QED) is 0.592. The van der Waals surface area contributed by atoms with Crippen LogP contribution in [0.15, 0.2) is 23.1 Å². The summed E-state index contributed by atoms with van der Waals surface area (Å²) in [6.45, 7) is 3.07. The molecule has 0 aliphatic rings. The van der Waals surface area contributed by atoms with Gasteiger partial charge in [-0.3, -0.25) is 4.79 Å². The second-order valence-electron chi connectivity index (χ2n) is 4.01. The normalized spacial score (nSPS) is 11.4. The molecule has 20 heavy (non-hydrogen) atoms. The van der Waals surface area contributed by atoms with E-state index in [1.807, 2.05) is 6.92 Å². The molecule has 0 bridgehead atoms. The van der Waals surface area contributed by atoms with Crippen molar-refractivity contribution in [3.8, 4) is 0 Å². The van der Waals surface area contributed by atoms with Crippen LogP contribution in [0.4, 0.5) is 4.39 Å². The van der Waals surface area contributed by atoms with Gasteiger partial charge in [0.25, 0.3) is 15.0 Å². The van der Waals surface area contributed by atoms with Crippen molar-refractivity contribution in [1.82, 2.24) is 4.90 Å². The summed E-state index contributed by atoms with van der Waals surface area (Å²) in [6.07, 6.45) is 0. The highest BCUT2D eigenvalue weighted by molar-refractivity contribution is 8.13. The van der Waals surface area contributed by atoms with Crippen LogP contribution in [0.25, 0.3) is 0 Å². The number of hydrogen-bond donors (Lipinski definition) is 0. The van der Waals surface area contributed by atoms with Crippen molar-refractivity contribution in [2.24, 2.45) is 0 Å². The van der Waals surface area contributed by atoms with E-state index in [-0.39, 0.29) is 5.56 Å². The number of ether oxygens (including phenoxy) is 1. The molecule has 0 heterocycles. The van der Waals surface area contributed by atoms with Crippen LogP contribution in [-0.2, 0) is 13.8 Å². The third-order valence-corrected chi connectivity index (χ3v) is 3.90. The first kappa shape index (κ1) is 16.9. The van der Waals surface area contributed by atoms with Crippen LogP contribution < -0.4 is 0 Å². The molecule has 0 spiro atoms. The molecule has 0 saturated heterocycles. The lowest BCUT2D eigenvalue weighted by molar-refractivity contribution is 0.0709. The Labute approximate surface area is 121 Å². The minimum absolute atomic E-state index is 0.0459. The maximum atomic E-state index is 13.4. The van der Waals surface area contributed by atoms with E-state index in [4.69, 9.17) is 15.4 Å². The summed E-state index contributed by atoms with van der Waals surface area (Å²) in [6, 6.07) is 3.04. The number of likely N-dealkylation sites (N-methyl/N-ethyl adjacent to an activating group) is 1. The first-order valence-corrected chi connectivity index (χ1v) is 8.15. The van der Waals surface area contributed by atoms with Gasteiger partial charge in [-0.2, -0.15) is 0 Å². The van der Waals surface area contributed by atoms with Gasteiger partial charge in [-0.1, -0.05) is 0 Å². The topological polar surface area (TPSA) is 63.7 Å². The Morgan fingerprint density at radius 3 is 2.65 bits per heavy atom. The van der Waals surface area contributed by atoms with Crippen molar-refractivity contribution < 1.29 is 22.3 Å². The van der Waals surface area contributed by atoms with Crippen LogP contribution >= 0.6 is 10.7 Å². The fourth-order valence-electron chi connectivity index (χ4n) is 1.49. The third kappa shape index (κ3) is 4.43. The second-order valence-corrected chi connectivity index (χ2v) is 6.54. The van der Waals surface area contributed by atoms with E-state index in [9.17, 15) is 17.6 Å². The maximum absolute atomic E-state index is 13.4. The summed E-state index contributed by atoms with van der Waals surface area (Å²) in [5.74, 6) is -1.43. The molecule has 0 aromatic heterocycles. The average molecular weight is 324 g/mol. The number of amides is 1. The van der Waals surface area contributed by atoms with E-state index in [1.54, 1.807) is 7.05 Å². The molecular weight excluding hydrogens is 309 g/mol. The van der Waals surface area contributed by atoms with Crippen molar-refractivity contribution in [2.75, 3.05) is 26.8 Å². The van der Waals surface area contributed by atoms with Gasteiger partial charge in [0.1, 0.15) is 10.7 Å². The van der Waals surface area contributed by atoms with Gasteiger partial charge in [0.05, 0.1) is 6.61 Å². The lowest BCUT2D eigenvalue weighted by atomic mass is 10.2. The van der Waals surface area contributed by atoms with E-state index in [1.165, 1.54) is 11.0 Å². The summed E-state index contributed by atoms with van der Waals surface area (Å²) >= 11 is 0. The molecule has 1 rings (SSSR count). The number of benzene rings is 1. The van der Waals surface area contributed by atoms with Crippen molar-refractivity contribution in [2.45, 2.75) is 11.8 Å². The molecule has 0 aliphatic carbocycles. The lowest BCUT2D eigenvalue weighted by Crippen LogP contribution is -2.30. The zero-order valence-corrected chi connectivity index (χ0v) is 12.7. The van der Waals surface area contributed by atoms with Gasteiger partial charge < -0.3 is 9.64 Å². The Kier molecular flexibility index (Phi) is 5.91. The second kappa shape index (κ2) is 7.01. The molecule has 1 amide bonds. The summed E-state index contributed by atoms with van der Waals surface area (Å²) in [5.41, 5.74) is 0.0459. The van der Waals surface area contributed by atoms with E-state index in [0.717, 1.165) is 12.1 Å². The predicted octanol–water partition coefficient (Wildman–Crippen LogP) is 1.86. The number of halogens is 2. The standard InChI is InChI=1S/C12H15ClFNO4S/c1-3-19-7-6-15(2)12(16)9-4-5-10(14)11(8-9)20(13,17)18/h4-5,8H,3,6-7H2,1-2H3. The molecular formula is C12H15ClFNO4S. The molecule has 0 unspecified atom stereocenters. The minimum atomic E-state index is -4.23. The SMILES string of the molecule is CCOCCN(C)C(=O)c1ccc(F)c(S(=O)(=O)Cl)c1. The van der Waals surface area contributed by atoms with Crippen LogP contribution in [-0.4, -0.2) is 46.0 Å². The Balaban J connectivity index is 2.94. The number of rotatable bonds is 6. The molecule has 0 N–H and O–H groups in total. The first-order valence-electron chi connectivity index (χ1n) is 5.84. The molecule has 1 aromatic carbocycles.